The van der Waals surface area contributed by atoms with Crippen LogP contribution in [0.1, 0.15) is 42.0 Å². The van der Waals surface area contributed by atoms with Gasteiger partial charge in [-0.05, 0) is 20.3 Å². The molecule has 2 heterocycles. The van der Waals surface area contributed by atoms with Crippen LogP contribution in [-0.2, 0) is 13.6 Å². The highest BCUT2D eigenvalue weighted by molar-refractivity contribution is 5.39. The molecule has 2 aromatic heterocycles. The van der Waals surface area contributed by atoms with Gasteiger partial charge in [0.05, 0.1) is 25.0 Å². The number of rotatable bonds is 5. The second-order valence-corrected chi connectivity index (χ2v) is 5.01. The van der Waals surface area contributed by atoms with Gasteiger partial charge in [-0.15, -0.1) is 0 Å². The summed E-state index contributed by atoms with van der Waals surface area (Å²) in [5, 5.41) is 8.81. The van der Waals surface area contributed by atoms with Crippen molar-refractivity contribution >= 4 is 0 Å². The number of aryl methyl sites for hydroxylation is 3. The molecular formula is C14H23N5O. The average Bonchev–Trinajstić information content (AvgIpc) is 2.91. The molecule has 0 saturated heterocycles. The van der Waals surface area contributed by atoms with Crippen LogP contribution in [0.2, 0.25) is 0 Å². The second kappa shape index (κ2) is 5.66. The zero-order valence-corrected chi connectivity index (χ0v) is 12.8. The first-order valence-electron chi connectivity index (χ1n) is 6.86. The van der Waals surface area contributed by atoms with Gasteiger partial charge in [-0.1, -0.05) is 6.92 Å². The number of hydrogen-bond acceptors (Lipinski definition) is 4. The second-order valence-electron chi connectivity index (χ2n) is 5.01. The molecule has 0 fully saturated rings. The lowest BCUT2D eigenvalue weighted by Gasteiger charge is -2.16. The van der Waals surface area contributed by atoms with Gasteiger partial charge in [0.1, 0.15) is 5.69 Å². The van der Waals surface area contributed by atoms with E-state index in [1.54, 1.807) is 13.3 Å². The Hall–Kier alpha value is -1.82. The Labute approximate surface area is 119 Å². The summed E-state index contributed by atoms with van der Waals surface area (Å²) in [4.78, 5) is 0. The molecule has 0 aliphatic carbocycles. The van der Waals surface area contributed by atoms with Crippen molar-refractivity contribution in [3.63, 3.8) is 0 Å². The summed E-state index contributed by atoms with van der Waals surface area (Å²) < 4.78 is 9.20. The molecule has 0 aliphatic heterocycles. The van der Waals surface area contributed by atoms with Crippen LogP contribution in [0.4, 0.5) is 0 Å². The van der Waals surface area contributed by atoms with Crippen molar-refractivity contribution in [1.29, 1.82) is 0 Å². The Bertz CT molecular complexity index is 599. The van der Waals surface area contributed by atoms with E-state index >= 15 is 0 Å². The molecule has 0 amide bonds. The van der Waals surface area contributed by atoms with E-state index in [1.165, 1.54) is 0 Å². The Morgan fingerprint density at radius 2 is 2.10 bits per heavy atom. The van der Waals surface area contributed by atoms with Crippen molar-refractivity contribution < 1.29 is 4.74 Å². The third-order valence-corrected chi connectivity index (χ3v) is 3.67. The van der Waals surface area contributed by atoms with Crippen LogP contribution in [0.5, 0.6) is 5.75 Å². The van der Waals surface area contributed by atoms with Crippen molar-refractivity contribution in [2.75, 3.05) is 7.11 Å². The minimum atomic E-state index is -0.285. The maximum absolute atomic E-state index is 6.49. The molecule has 6 heteroatoms. The van der Waals surface area contributed by atoms with Gasteiger partial charge in [0.25, 0.3) is 0 Å². The van der Waals surface area contributed by atoms with Crippen LogP contribution >= 0.6 is 0 Å². The van der Waals surface area contributed by atoms with E-state index in [2.05, 4.69) is 17.1 Å². The van der Waals surface area contributed by atoms with E-state index < -0.39 is 0 Å². The third-order valence-electron chi connectivity index (χ3n) is 3.67. The lowest BCUT2D eigenvalue weighted by Crippen LogP contribution is -2.19. The van der Waals surface area contributed by atoms with Gasteiger partial charge < -0.3 is 10.5 Å². The first kappa shape index (κ1) is 14.6. The molecule has 6 nitrogen and oxygen atoms in total. The Kier molecular flexibility index (Phi) is 4.13. The highest BCUT2D eigenvalue weighted by Crippen LogP contribution is 2.31. The Morgan fingerprint density at radius 3 is 2.60 bits per heavy atom. The first-order valence-corrected chi connectivity index (χ1v) is 6.86. The monoisotopic (exact) mass is 277 g/mol. The van der Waals surface area contributed by atoms with E-state index in [9.17, 15) is 0 Å². The number of nitrogens with zero attached hydrogens (tertiary/aromatic N) is 4. The Balaban J connectivity index is 2.52. The molecule has 0 aliphatic rings. The van der Waals surface area contributed by atoms with Gasteiger partial charge in [-0.3, -0.25) is 9.36 Å². The van der Waals surface area contributed by atoms with Crippen molar-refractivity contribution in [2.24, 2.45) is 12.8 Å². The standard InChI is InChI=1S/C14H23N5O/c1-6-7-19-14(11(20-5)8-16-19)13(15)12-9(2)17-18(4)10(12)3/h8,13H,6-7,15H2,1-5H3. The normalized spacial score (nSPS) is 12.7. The maximum Gasteiger partial charge on any atom is 0.161 e. The van der Waals surface area contributed by atoms with Gasteiger partial charge in [0.2, 0.25) is 0 Å². The lowest BCUT2D eigenvalue weighted by molar-refractivity contribution is 0.403. The third kappa shape index (κ3) is 2.31. The summed E-state index contributed by atoms with van der Waals surface area (Å²) >= 11 is 0. The molecule has 110 valence electrons. The van der Waals surface area contributed by atoms with Gasteiger partial charge in [0.15, 0.2) is 5.75 Å². The molecule has 2 aromatic rings. The van der Waals surface area contributed by atoms with E-state index in [-0.39, 0.29) is 6.04 Å². The minimum Gasteiger partial charge on any atom is -0.493 e. The molecule has 0 saturated carbocycles. The zero-order valence-electron chi connectivity index (χ0n) is 12.8. The van der Waals surface area contributed by atoms with Gasteiger partial charge in [-0.2, -0.15) is 10.2 Å². The van der Waals surface area contributed by atoms with Gasteiger partial charge >= 0.3 is 0 Å². The van der Waals surface area contributed by atoms with Crippen molar-refractivity contribution in [3.05, 3.63) is 28.8 Å². The molecular weight excluding hydrogens is 254 g/mol. The molecule has 2 N–H and O–H groups in total. The molecule has 20 heavy (non-hydrogen) atoms. The lowest BCUT2D eigenvalue weighted by atomic mass is 10.0. The van der Waals surface area contributed by atoms with Crippen LogP contribution in [0, 0.1) is 13.8 Å². The number of methoxy groups -OCH3 is 1. The fourth-order valence-corrected chi connectivity index (χ4v) is 2.62. The van der Waals surface area contributed by atoms with Crippen molar-refractivity contribution in [2.45, 2.75) is 39.8 Å². The molecule has 1 atom stereocenters. The summed E-state index contributed by atoms with van der Waals surface area (Å²) in [6.45, 7) is 6.95. The van der Waals surface area contributed by atoms with Gasteiger partial charge in [-0.25, -0.2) is 0 Å². The predicted octanol–water partition coefficient (Wildman–Crippen LogP) is 1.70. The molecule has 0 spiro atoms. The fraction of sp³-hybridized carbons (Fsp3) is 0.571. The minimum absolute atomic E-state index is 0.285. The quantitative estimate of drug-likeness (QED) is 0.903. The van der Waals surface area contributed by atoms with Crippen LogP contribution < -0.4 is 10.5 Å². The zero-order chi connectivity index (χ0) is 14.9. The topological polar surface area (TPSA) is 70.9 Å². The molecule has 0 radical (unpaired) electrons. The molecule has 2 rings (SSSR count). The highest BCUT2D eigenvalue weighted by Gasteiger charge is 2.25. The van der Waals surface area contributed by atoms with E-state index in [0.29, 0.717) is 0 Å². The molecule has 1 unspecified atom stereocenters. The fourth-order valence-electron chi connectivity index (χ4n) is 2.62. The summed E-state index contributed by atoms with van der Waals surface area (Å²) in [5.74, 6) is 0.730. The van der Waals surface area contributed by atoms with Crippen molar-refractivity contribution in [1.82, 2.24) is 19.6 Å². The average molecular weight is 277 g/mol. The summed E-state index contributed by atoms with van der Waals surface area (Å²) in [6.07, 6.45) is 2.72. The van der Waals surface area contributed by atoms with E-state index in [4.69, 9.17) is 10.5 Å². The highest BCUT2D eigenvalue weighted by atomic mass is 16.5. The molecule has 0 aromatic carbocycles. The number of ether oxygens (including phenoxy) is 1. The van der Waals surface area contributed by atoms with Crippen LogP contribution in [0.25, 0.3) is 0 Å². The SMILES string of the molecule is CCCn1ncc(OC)c1C(N)c1c(C)nn(C)c1C. The molecule has 0 bridgehead atoms. The summed E-state index contributed by atoms with van der Waals surface area (Å²) in [5.41, 5.74) is 10.5. The Morgan fingerprint density at radius 1 is 1.40 bits per heavy atom. The largest absolute Gasteiger partial charge is 0.493 e. The summed E-state index contributed by atoms with van der Waals surface area (Å²) in [7, 11) is 3.58. The van der Waals surface area contributed by atoms with Gasteiger partial charge in [0, 0.05) is 24.8 Å². The van der Waals surface area contributed by atoms with E-state index in [0.717, 1.165) is 41.4 Å². The number of hydrogen-bond donors (Lipinski definition) is 1. The summed E-state index contributed by atoms with van der Waals surface area (Å²) in [6, 6.07) is -0.285. The van der Waals surface area contributed by atoms with Crippen LogP contribution in [-0.4, -0.2) is 26.7 Å². The maximum atomic E-state index is 6.49. The smallest absolute Gasteiger partial charge is 0.161 e. The number of aromatic nitrogens is 4. The van der Waals surface area contributed by atoms with Crippen LogP contribution in [0.15, 0.2) is 6.20 Å². The first-order chi connectivity index (χ1) is 9.51. The van der Waals surface area contributed by atoms with Crippen LogP contribution in [0.3, 0.4) is 0 Å². The van der Waals surface area contributed by atoms with E-state index in [1.807, 2.05) is 30.3 Å². The van der Waals surface area contributed by atoms with Crippen molar-refractivity contribution in [3.8, 4) is 5.75 Å². The predicted molar refractivity (Wildman–Crippen MR) is 77.8 cm³/mol. The number of nitrogens with two attached hydrogens (primary N) is 1.